The van der Waals surface area contributed by atoms with E-state index in [0.717, 1.165) is 17.1 Å². The summed E-state index contributed by atoms with van der Waals surface area (Å²) in [6.07, 6.45) is 5.00. The molecule has 4 nitrogen and oxygen atoms in total. The van der Waals surface area contributed by atoms with Crippen molar-refractivity contribution in [3.8, 4) is 11.3 Å². The van der Waals surface area contributed by atoms with Gasteiger partial charge in [-0.15, -0.1) is 0 Å². The van der Waals surface area contributed by atoms with Gasteiger partial charge in [0.05, 0.1) is 5.69 Å². The van der Waals surface area contributed by atoms with Gasteiger partial charge in [-0.1, -0.05) is 6.07 Å². The fourth-order valence-corrected chi connectivity index (χ4v) is 1.17. The second-order valence-electron chi connectivity index (χ2n) is 2.79. The molecule has 0 radical (unpaired) electrons. The molecular formula is C10H10N4. The van der Waals surface area contributed by atoms with Crippen LogP contribution in [0.15, 0.2) is 36.9 Å². The molecule has 0 aliphatic heterocycles. The molecule has 0 aliphatic rings. The maximum absolute atomic E-state index is 4.37. The van der Waals surface area contributed by atoms with Crippen LogP contribution < -0.4 is 5.32 Å². The summed E-state index contributed by atoms with van der Waals surface area (Å²) >= 11 is 0. The summed E-state index contributed by atoms with van der Waals surface area (Å²) in [6.45, 7) is 0. The SMILES string of the molecule is CNc1cccc(-c2cncnc2)n1. The maximum atomic E-state index is 4.37. The Bertz CT molecular complexity index is 413. The maximum Gasteiger partial charge on any atom is 0.126 e. The standard InChI is InChI=1S/C10H10N4/c1-11-10-4-2-3-9(14-10)8-5-12-7-13-6-8/h2-7H,1H3,(H,11,14). The van der Waals surface area contributed by atoms with Gasteiger partial charge in [-0.3, -0.25) is 0 Å². The number of nitrogens with one attached hydrogen (secondary N) is 1. The Morgan fingerprint density at radius 3 is 2.64 bits per heavy atom. The van der Waals surface area contributed by atoms with Gasteiger partial charge in [0.2, 0.25) is 0 Å². The molecule has 0 fully saturated rings. The smallest absolute Gasteiger partial charge is 0.126 e. The second-order valence-corrected chi connectivity index (χ2v) is 2.79. The van der Waals surface area contributed by atoms with Gasteiger partial charge in [0.25, 0.3) is 0 Å². The molecule has 2 aromatic rings. The van der Waals surface area contributed by atoms with Gasteiger partial charge in [-0.2, -0.15) is 0 Å². The van der Waals surface area contributed by atoms with Crippen LogP contribution in [-0.4, -0.2) is 22.0 Å². The van der Waals surface area contributed by atoms with E-state index in [4.69, 9.17) is 0 Å². The number of nitrogens with zero attached hydrogens (tertiary/aromatic N) is 3. The van der Waals surface area contributed by atoms with E-state index in [-0.39, 0.29) is 0 Å². The fraction of sp³-hybridized carbons (Fsp3) is 0.100. The van der Waals surface area contributed by atoms with Crippen LogP contribution in [0, 0.1) is 0 Å². The first kappa shape index (κ1) is 8.62. The van der Waals surface area contributed by atoms with Crippen LogP contribution >= 0.6 is 0 Å². The molecule has 2 aromatic heterocycles. The third kappa shape index (κ3) is 1.69. The van der Waals surface area contributed by atoms with E-state index in [1.54, 1.807) is 12.4 Å². The molecule has 0 atom stereocenters. The van der Waals surface area contributed by atoms with Crippen molar-refractivity contribution in [1.29, 1.82) is 0 Å². The number of pyridine rings is 1. The molecule has 0 spiro atoms. The highest BCUT2D eigenvalue weighted by molar-refractivity contribution is 5.58. The Kier molecular flexibility index (Phi) is 2.36. The lowest BCUT2D eigenvalue weighted by Gasteiger charge is -2.02. The molecule has 4 heteroatoms. The van der Waals surface area contributed by atoms with Crippen LogP contribution in [0.2, 0.25) is 0 Å². The van der Waals surface area contributed by atoms with Crippen molar-refractivity contribution in [3.63, 3.8) is 0 Å². The van der Waals surface area contributed by atoms with Crippen molar-refractivity contribution in [2.45, 2.75) is 0 Å². The summed E-state index contributed by atoms with van der Waals surface area (Å²) in [7, 11) is 1.84. The van der Waals surface area contributed by atoms with E-state index in [1.165, 1.54) is 6.33 Å². The van der Waals surface area contributed by atoms with Crippen molar-refractivity contribution < 1.29 is 0 Å². The van der Waals surface area contributed by atoms with Gasteiger partial charge in [-0.25, -0.2) is 15.0 Å². The molecule has 0 bridgehead atoms. The number of aromatic nitrogens is 3. The zero-order valence-corrected chi connectivity index (χ0v) is 7.81. The zero-order chi connectivity index (χ0) is 9.80. The quantitative estimate of drug-likeness (QED) is 0.773. The molecule has 1 N–H and O–H groups in total. The van der Waals surface area contributed by atoms with Crippen molar-refractivity contribution in [2.24, 2.45) is 0 Å². The van der Waals surface area contributed by atoms with Gasteiger partial charge < -0.3 is 5.32 Å². The summed E-state index contributed by atoms with van der Waals surface area (Å²) in [6, 6.07) is 5.79. The Morgan fingerprint density at radius 2 is 1.93 bits per heavy atom. The van der Waals surface area contributed by atoms with Crippen molar-refractivity contribution in [2.75, 3.05) is 12.4 Å². The number of hydrogen-bond acceptors (Lipinski definition) is 4. The van der Waals surface area contributed by atoms with Crippen LogP contribution in [0.1, 0.15) is 0 Å². The molecule has 0 saturated heterocycles. The molecule has 0 aromatic carbocycles. The van der Waals surface area contributed by atoms with Gasteiger partial charge in [0.15, 0.2) is 0 Å². The summed E-state index contributed by atoms with van der Waals surface area (Å²) in [5, 5.41) is 2.99. The first-order chi connectivity index (χ1) is 6.90. The average Bonchev–Trinajstić information content (AvgIpc) is 2.30. The van der Waals surface area contributed by atoms with E-state index in [1.807, 2.05) is 25.2 Å². The van der Waals surface area contributed by atoms with E-state index < -0.39 is 0 Å². The van der Waals surface area contributed by atoms with E-state index in [0.29, 0.717) is 0 Å². The second kappa shape index (κ2) is 3.83. The highest BCUT2D eigenvalue weighted by Gasteiger charge is 1.99. The molecule has 0 saturated carbocycles. The topological polar surface area (TPSA) is 50.7 Å². The van der Waals surface area contributed by atoms with E-state index in [9.17, 15) is 0 Å². The van der Waals surface area contributed by atoms with Gasteiger partial charge >= 0.3 is 0 Å². The Morgan fingerprint density at radius 1 is 1.14 bits per heavy atom. The Labute approximate surface area is 82.1 Å². The Balaban J connectivity index is 2.42. The van der Waals surface area contributed by atoms with Crippen LogP contribution in [0.25, 0.3) is 11.3 Å². The third-order valence-corrected chi connectivity index (χ3v) is 1.86. The minimum absolute atomic E-state index is 0.839. The Hall–Kier alpha value is -1.97. The third-order valence-electron chi connectivity index (χ3n) is 1.86. The zero-order valence-electron chi connectivity index (χ0n) is 7.81. The normalized spacial score (nSPS) is 9.79. The minimum Gasteiger partial charge on any atom is -0.373 e. The number of anilines is 1. The highest BCUT2D eigenvalue weighted by atomic mass is 15.0. The first-order valence-electron chi connectivity index (χ1n) is 4.30. The molecule has 70 valence electrons. The van der Waals surface area contributed by atoms with E-state index in [2.05, 4.69) is 20.3 Å². The summed E-state index contributed by atoms with van der Waals surface area (Å²) < 4.78 is 0. The molecular weight excluding hydrogens is 176 g/mol. The predicted octanol–water partition coefficient (Wildman–Crippen LogP) is 1.58. The van der Waals surface area contributed by atoms with Crippen molar-refractivity contribution in [3.05, 3.63) is 36.9 Å². The van der Waals surface area contributed by atoms with Gasteiger partial charge in [0.1, 0.15) is 12.1 Å². The first-order valence-corrected chi connectivity index (χ1v) is 4.30. The van der Waals surface area contributed by atoms with Crippen molar-refractivity contribution >= 4 is 5.82 Å². The van der Waals surface area contributed by atoms with Crippen LogP contribution in [-0.2, 0) is 0 Å². The van der Waals surface area contributed by atoms with E-state index >= 15 is 0 Å². The molecule has 0 amide bonds. The molecule has 14 heavy (non-hydrogen) atoms. The highest BCUT2D eigenvalue weighted by Crippen LogP contribution is 2.15. The lowest BCUT2D eigenvalue weighted by Crippen LogP contribution is -1.93. The largest absolute Gasteiger partial charge is 0.373 e. The summed E-state index contributed by atoms with van der Waals surface area (Å²) in [5.74, 6) is 0.839. The summed E-state index contributed by atoms with van der Waals surface area (Å²) in [5.41, 5.74) is 1.79. The van der Waals surface area contributed by atoms with Gasteiger partial charge in [-0.05, 0) is 12.1 Å². The average molecular weight is 186 g/mol. The predicted molar refractivity (Wildman–Crippen MR) is 54.8 cm³/mol. The molecule has 2 rings (SSSR count). The number of rotatable bonds is 2. The lowest BCUT2D eigenvalue weighted by molar-refractivity contribution is 1.16. The lowest BCUT2D eigenvalue weighted by atomic mass is 10.2. The molecule has 0 unspecified atom stereocenters. The van der Waals surface area contributed by atoms with Gasteiger partial charge in [0, 0.05) is 25.0 Å². The number of hydrogen-bond donors (Lipinski definition) is 1. The molecule has 2 heterocycles. The molecule has 0 aliphatic carbocycles. The van der Waals surface area contributed by atoms with Crippen LogP contribution in [0.3, 0.4) is 0 Å². The van der Waals surface area contributed by atoms with Crippen LogP contribution in [0.4, 0.5) is 5.82 Å². The van der Waals surface area contributed by atoms with Crippen molar-refractivity contribution in [1.82, 2.24) is 15.0 Å². The monoisotopic (exact) mass is 186 g/mol. The summed E-state index contributed by atoms with van der Waals surface area (Å²) in [4.78, 5) is 12.3. The minimum atomic E-state index is 0.839. The fourth-order valence-electron chi connectivity index (χ4n) is 1.17. The van der Waals surface area contributed by atoms with Crippen LogP contribution in [0.5, 0.6) is 0 Å².